The van der Waals surface area contributed by atoms with Crippen LogP contribution in [-0.2, 0) is 14.3 Å². The lowest BCUT2D eigenvalue weighted by atomic mass is 9.51. The van der Waals surface area contributed by atoms with E-state index in [1.54, 1.807) is 6.92 Å². The van der Waals surface area contributed by atoms with E-state index in [2.05, 4.69) is 19.9 Å². The van der Waals surface area contributed by atoms with Crippen LogP contribution in [0.2, 0.25) is 0 Å². The molecule has 0 amide bonds. The standard InChI is InChI=1S/C18H24O3/c1-11(19)4-6-16(2)14(20)5-7-18-9-12-8-13(15(16)18)21-17(12,3)10-18/h5,7,12-13,15H,4,6,8-10H2,1-3H3/t12?,13?,15?,16-,17?,18?/m1/s1. The first-order valence-electron chi connectivity index (χ1n) is 8.20. The minimum absolute atomic E-state index is 0.0212. The van der Waals surface area contributed by atoms with Gasteiger partial charge in [0.05, 0.1) is 11.7 Å². The smallest absolute Gasteiger partial charge is 0.161 e. The van der Waals surface area contributed by atoms with Crippen LogP contribution < -0.4 is 0 Å². The third kappa shape index (κ3) is 1.59. The van der Waals surface area contributed by atoms with E-state index in [0.717, 1.165) is 19.3 Å². The molecule has 2 heterocycles. The minimum atomic E-state index is -0.429. The van der Waals surface area contributed by atoms with Gasteiger partial charge in [0.25, 0.3) is 0 Å². The lowest BCUT2D eigenvalue weighted by Gasteiger charge is -2.55. The highest BCUT2D eigenvalue weighted by Gasteiger charge is 2.71. The van der Waals surface area contributed by atoms with Crippen molar-refractivity contribution < 1.29 is 14.3 Å². The van der Waals surface area contributed by atoms with Gasteiger partial charge in [0.2, 0.25) is 0 Å². The van der Waals surface area contributed by atoms with Crippen LogP contribution in [0.4, 0.5) is 0 Å². The molecule has 5 rings (SSSR count). The predicted molar refractivity (Wildman–Crippen MR) is 78.7 cm³/mol. The molecule has 0 aromatic heterocycles. The molecule has 0 aromatic carbocycles. The van der Waals surface area contributed by atoms with Gasteiger partial charge in [-0.25, -0.2) is 0 Å². The fourth-order valence-corrected chi connectivity index (χ4v) is 6.08. The second kappa shape index (κ2) is 3.87. The molecule has 2 saturated carbocycles. The zero-order valence-corrected chi connectivity index (χ0v) is 13.1. The van der Waals surface area contributed by atoms with E-state index < -0.39 is 5.41 Å². The SMILES string of the molecule is CC(=O)CC[C@]1(C)C(=O)C=CC23CC4CC(OC4(C)C2)C31. The summed E-state index contributed by atoms with van der Waals surface area (Å²) in [6.07, 6.45) is 8.67. The van der Waals surface area contributed by atoms with Gasteiger partial charge in [-0.3, -0.25) is 4.79 Å². The molecule has 3 heteroatoms. The van der Waals surface area contributed by atoms with Gasteiger partial charge in [-0.15, -0.1) is 0 Å². The number of hydrogen-bond acceptors (Lipinski definition) is 3. The summed E-state index contributed by atoms with van der Waals surface area (Å²) in [5.74, 6) is 1.27. The van der Waals surface area contributed by atoms with Gasteiger partial charge in [0.15, 0.2) is 5.78 Å². The highest BCUT2D eigenvalue weighted by Crippen LogP contribution is 2.71. The molecule has 6 atom stereocenters. The Labute approximate surface area is 126 Å². The molecule has 5 aliphatic rings. The van der Waals surface area contributed by atoms with Gasteiger partial charge in [-0.1, -0.05) is 13.0 Å². The number of hydrogen-bond donors (Lipinski definition) is 0. The number of ketones is 2. The van der Waals surface area contributed by atoms with Gasteiger partial charge in [0, 0.05) is 17.8 Å². The zero-order valence-electron chi connectivity index (χ0n) is 13.1. The average molecular weight is 288 g/mol. The zero-order chi connectivity index (χ0) is 15.0. The Morgan fingerprint density at radius 2 is 2.19 bits per heavy atom. The Balaban J connectivity index is 1.75. The van der Waals surface area contributed by atoms with Crippen LogP contribution in [0, 0.1) is 22.7 Å². The van der Waals surface area contributed by atoms with Crippen molar-refractivity contribution in [1.29, 1.82) is 0 Å². The fourth-order valence-electron chi connectivity index (χ4n) is 6.08. The highest BCUT2D eigenvalue weighted by molar-refractivity contribution is 5.96. The third-order valence-corrected chi connectivity index (χ3v) is 6.91. The maximum absolute atomic E-state index is 12.6. The number of Topliss-reactive ketones (excluding diaryl/α,β-unsaturated/α-hetero) is 1. The first-order chi connectivity index (χ1) is 9.79. The summed E-state index contributed by atoms with van der Waals surface area (Å²) in [5.41, 5.74) is -0.269. The van der Waals surface area contributed by atoms with E-state index in [0.29, 0.717) is 18.8 Å². The fraction of sp³-hybridized carbons (Fsp3) is 0.778. The summed E-state index contributed by atoms with van der Waals surface area (Å²) in [4.78, 5) is 24.1. The predicted octanol–water partition coefficient (Wildman–Crippen LogP) is 3.07. The highest BCUT2D eigenvalue weighted by atomic mass is 16.5. The van der Waals surface area contributed by atoms with Gasteiger partial charge < -0.3 is 9.53 Å². The van der Waals surface area contributed by atoms with Gasteiger partial charge in [-0.2, -0.15) is 0 Å². The third-order valence-electron chi connectivity index (χ3n) is 6.91. The van der Waals surface area contributed by atoms with E-state index in [-0.39, 0.29) is 34.6 Å². The van der Waals surface area contributed by atoms with Crippen LogP contribution in [0.5, 0.6) is 0 Å². The Hall–Kier alpha value is -0.960. The van der Waals surface area contributed by atoms with E-state index in [1.807, 2.05) is 6.08 Å². The molecule has 21 heavy (non-hydrogen) atoms. The van der Waals surface area contributed by atoms with Crippen molar-refractivity contribution in [3.63, 3.8) is 0 Å². The molecular weight excluding hydrogens is 264 g/mol. The quantitative estimate of drug-likeness (QED) is 0.801. The Morgan fingerprint density at radius 3 is 2.86 bits per heavy atom. The van der Waals surface area contributed by atoms with Crippen LogP contribution >= 0.6 is 0 Å². The van der Waals surface area contributed by atoms with Crippen LogP contribution in [-0.4, -0.2) is 23.3 Å². The summed E-state index contributed by atoms with van der Waals surface area (Å²) in [6.45, 7) is 5.94. The van der Waals surface area contributed by atoms with E-state index >= 15 is 0 Å². The molecule has 0 radical (unpaired) electrons. The summed E-state index contributed by atoms with van der Waals surface area (Å²) in [7, 11) is 0. The first-order valence-corrected chi connectivity index (χ1v) is 8.20. The summed E-state index contributed by atoms with van der Waals surface area (Å²) >= 11 is 0. The summed E-state index contributed by atoms with van der Waals surface area (Å²) < 4.78 is 6.38. The largest absolute Gasteiger partial charge is 0.371 e. The number of carbonyl (C=O) groups excluding carboxylic acids is 2. The average Bonchev–Trinajstić information content (AvgIpc) is 2.75. The molecule has 3 nitrogen and oxygen atoms in total. The molecule has 114 valence electrons. The molecule has 4 bridgehead atoms. The first kappa shape index (κ1) is 13.7. The Bertz CT molecular complexity index is 565. The maximum Gasteiger partial charge on any atom is 0.161 e. The van der Waals surface area contributed by atoms with Gasteiger partial charge in [-0.05, 0) is 56.9 Å². The van der Waals surface area contributed by atoms with Gasteiger partial charge in [0.1, 0.15) is 5.78 Å². The minimum Gasteiger partial charge on any atom is -0.371 e. The van der Waals surface area contributed by atoms with E-state index in [4.69, 9.17) is 4.74 Å². The molecular formula is C18H24O3. The van der Waals surface area contributed by atoms with Crippen molar-refractivity contribution in [2.45, 2.75) is 64.6 Å². The number of carbonyl (C=O) groups is 2. The summed E-state index contributed by atoms with van der Waals surface area (Å²) in [6, 6.07) is 0. The van der Waals surface area contributed by atoms with Crippen molar-refractivity contribution in [1.82, 2.24) is 0 Å². The normalized spacial score (nSPS) is 53.3. The van der Waals surface area contributed by atoms with Gasteiger partial charge >= 0.3 is 0 Å². The lowest BCUT2D eigenvalue weighted by molar-refractivity contribution is -0.169. The Kier molecular flexibility index (Phi) is 2.52. The van der Waals surface area contributed by atoms with Crippen LogP contribution in [0.1, 0.15) is 52.9 Å². The molecule has 1 spiro atoms. The van der Waals surface area contributed by atoms with Crippen molar-refractivity contribution >= 4 is 11.6 Å². The molecule has 0 aromatic rings. The second-order valence-electron chi connectivity index (χ2n) is 8.31. The Morgan fingerprint density at radius 1 is 1.43 bits per heavy atom. The van der Waals surface area contributed by atoms with Crippen molar-refractivity contribution in [2.75, 3.05) is 0 Å². The monoisotopic (exact) mass is 288 g/mol. The van der Waals surface area contributed by atoms with Crippen LogP contribution in [0.25, 0.3) is 0 Å². The molecule has 3 aliphatic carbocycles. The summed E-state index contributed by atoms with van der Waals surface area (Å²) in [5, 5.41) is 0. The number of allylic oxidation sites excluding steroid dienone is 2. The van der Waals surface area contributed by atoms with E-state index in [9.17, 15) is 9.59 Å². The maximum atomic E-state index is 12.6. The van der Waals surface area contributed by atoms with Crippen molar-refractivity contribution in [3.05, 3.63) is 12.2 Å². The number of ether oxygens (including phenoxy) is 1. The lowest BCUT2D eigenvalue weighted by Crippen LogP contribution is -2.56. The topological polar surface area (TPSA) is 43.4 Å². The molecule has 2 aliphatic heterocycles. The second-order valence-corrected chi connectivity index (χ2v) is 8.31. The van der Waals surface area contributed by atoms with Crippen molar-refractivity contribution in [3.8, 4) is 0 Å². The van der Waals surface area contributed by atoms with Crippen LogP contribution in [0.3, 0.4) is 0 Å². The number of rotatable bonds is 3. The molecule has 4 fully saturated rings. The van der Waals surface area contributed by atoms with Crippen molar-refractivity contribution in [2.24, 2.45) is 22.7 Å². The van der Waals surface area contributed by atoms with Crippen LogP contribution in [0.15, 0.2) is 12.2 Å². The molecule has 0 N–H and O–H groups in total. The molecule has 5 unspecified atom stereocenters. The van der Waals surface area contributed by atoms with E-state index in [1.165, 1.54) is 0 Å². The molecule has 2 saturated heterocycles.